The average molecular weight is 318 g/mol. The molecule has 1 amide bonds. The van der Waals surface area contributed by atoms with Crippen LogP contribution in [0.3, 0.4) is 0 Å². The molecule has 126 valence electrons. The second kappa shape index (κ2) is 7.13. The predicted molar refractivity (Wildman–Crippen MR) is 89.5 cm³/mol. The Bertz CT molecular complexity index is 570. The van der Waals surface area contributed by atoms with E-state index < -0.39 is 5.60 Å². The zero-order valence-electron chi connectivity index (χ0n) is 14.5. The fraction of sp³-hybridized carbons (Fsp3) is 0.556. The summed E-state index contributed by atoms with van der Waals surface area (Å²) in [4.78, 5) is 27.5. The van der Waals surface area contributed by atoms with Crippen molar-refractivity contribution in [2.24, 2.45) is 0 Å². The van der Waals surface area contributed by atoms with Gasteiger partial charge >= 0.3 is 6.09 Å². The zero-order chi connectivity index (χ0) is 17.0. The van der Waals surface area contributed by atoms with Crippen molar-refractivity contribution in [2.75, 3.05) is 26.2 Å². The maximum absolute atomic E-state index is 12.0. The Morgan fingerprint density at radius 3 is 2.35 bits per heavy atom. The number of piperazine rings is 1. The van der Waals surface area contributed by atoms with Crippen molar-refractivity contribution >= 4 is 11.9 Å². The number of carbonyl (C=O) groups excluding carboxylic acids is 2. The van der Waals surface area contributed by atoms with Crippen molar-refractivity contribution in [3.05, 3.63) is 35.4 Å². The molecule has 5 nitrogen and oxygen atoms in total. The molecule has 23 heavy (non-hydrogen) atoms. The second-order valence-corrected chi connectivity index (χ2v) is 7.00. The maximum atomic E-state index is 12.0. The molecule has 1 heterocycles. The van der Waals surface area contributed by atoms with Crippen LogP contribution in [0.2, 0.25) is 0 Å². The molecule has 0 aliphatic carbocycles. The van der Waals surface area contributed by atoms with Gasteiger partial charge in [0.15, 0.2) is 5.78 Å². The van der Waals surface area contributed by atoms with Crippen molar-refractivity contribution in [1.82, 2.24) is 9.80 Å². The highest BCUT2D eigenvalue weighted by molar-refractivity contribution is 5.94. The van der Waals surface area contributed by atoms with Gasteiger partial charge in [0.1, 0.15) is 5.60 Å². The van der Waals surface area contributed by atoms with Crippen molar-refractivity contribution in [1.29, 1.82) is 0 Å². The molecule has 2 rings (SSSR count). The first-order valence-electron chi connectivity index (χ1n) is 8.05. The minimum Gasteiger partial charge on any atom is -0.444 e. The van der Waals surface area contributed by atoms with E-state index in [-0.39, 0.29) is 11.9 Å². The Hall–Kier alpha value is -1.88. The topological polar surface area (TPSA) is 49.9 Å². The molecular weight excluding hydrogens is 292 g/mol. The van der Waals surface area contributed by atoms with Crippen LogP contribution in [0.1, 0.15) is 43.6 Å². The minimum absolute atomic E-state index is 0.0848. The number of hydrogen-bond acceptors (Lipinski definition) is 4. The van der Waals surface area contributed by atoms with Crippen LogP contribution < -0.4 is 0 Å². The minimum atomic E-state index is -0.457. The molecule has 0 spiro atoms. The zero-order valence-corrected chi connectivity index (χ0v) is 14.5. The first kappa shape index (κ1) is 17.5. The summed E-state index contributed by atoms with van der Waals surface area (Å²) in [5, 5.41) is 0. The number of amides is 1. The van der Waals surface area contributed by atoms with Gasteiger partial charge in [-0.25, -0.2) is 4.79 Å². The third-order valence-electron chi connectivity index (χ3n) is 3.76. The van der Waals surface area contributed by atoms with E-state index in [0.717, 1.165) is 30.8 Å². The van der Waals surface area contributed by atoms with Gasteiger partial charge in [-0.15, -0.1) is 0 Å². The van der Waals surface area contributed by atoms with E-state index in [2.05, 4.69) is 4.90 Å². The molecule has 0 bridgehead atoms. The largest absolute Gasteiger partial charge is 0.444 e. The molecule has 1 aliphatic rings. The van der Waals surface area contributed by atoms with Gasteiger partial charge in [0.25, 0.3) is 0 Å². The fourth-order valence-corrected chi connectivity index (χ4v) is 2.56. The lowest BCUT2D eigenvalue weighted by molar-refractivity contribution is 0.0139. The molecule has 0 radical (unpaired) electrons. The molecule has 5 heteroatoms. The Morgan fingerprint density at radius 1 is 1.13 bits per heavy atom. The van der Waals surface area contributed by atoms with Gasteiger partial charge in [0.2, 0.25) is 0 Å². The summed E-state index contributed by atoms with van der Waals surface area (Å²) in [6, 6.07) is 7.74. The molecule has 0 aromatic heterocycles. The number of nitrogens with zero attached hydrogens (tertiary/aromatic N) is 2. The van der Waals surface area contributed by atoms with Crippen LogP contribution in [-0.2, 0) is 11.3 Å². The number of Topliss-reactive ketones (excluding diaryl/α,β-unsaturated/α-hetero) is 1. The monoisotopic (exact) mass is 318 g/mol. The molecule has 1 saturated heterocycles. The molecular formula is C18H26N2O3. The second-order valence-electron chi connectivity index (χ2n) is 7.00. The smallest absolute Gasteiger partial charge is 0.410 e. The summed E-state index contributed by atoms with van der Waals surface area (Å²) in [5.74, 6) is 0.0848. The maximum Gasteiger partial charge on any atom is 0.410 e. The SMILES string of the molecule is CC(=O)c1cccc(CN2CCN(C(=O)OC(C)(C)C)CC2)c1. The van der Waals surface area contributed by atoms with Gasteiger partial charge in [0, 0.05) is 38.3 Å². The lowest BCUT2D eigenvalue weighted by atomic mass is 10.1. The first-order valence-corrected chi connectivity index (χ1v) is 8.05. The van der Waals surface area contributed by atoms with E-state index in [0.29, 0.717) is 13.1 Å². The van der Waals surface area contributed by atoms with Crippen LogP contribution in [0.15, 0.2) is 24.3 Å². The lowest BCUT2D eigenvalue weighted by Gasteiger charge is -2.35. The molecule has 0 atom stereocenters. The van der Waals surface area contributed by atoms with E-state index in [1.165, 1.54) is 0 Å². The number of rotatable bonds is 3. The average Bonchev–Trinajstić information content (AvgIpc) is 2.46. The van der Waals surface area contributed by atoms with Crippen molar-refractivity contribution < 1.29 is 14.3 Å². The molecule has 1 fully saturated rings. The van der Waals surface area contributed by atoms with E-state index in [1.54, 1.807) is 11.8 Å². The van der Waals surface area contributed by atoms with Crippen LogP contribution >= 0.6 is 0 Å². The number of hydrogen-bond donors (Lipinski definition) is 0. The van der Waals surface area contributed by atoms with Crippen LogP contribution in [0.4, 0.5) is 4.79 Å². The Kier molecular flexibility index (Phi) is 5.42. The Labute approximate surface area is 138 Å². The first-order chi connectivity index (χ1) is 10.7. The molecule has 0 unspecified atom stereocenters. The van der Waals surface area contributed by atoms with E-state index >= 15 is 0 Å². The lowest BCUT2D eigenvalue weighted by Crippen LogP contribution is -2.49. The third-order valence-corrected chi connectivity index (χ3v) is 3.76. The summed E-state index contributed by atoms with van der Waals surface area (Å²) >= 11 is 0. The van der Waals surface area contributed by atoms with Crippen molar-refractivity contribution in [3.8, 4) is 0 Å². The summed E-state index contributed by atoms with van der Waals surface area (Å²) in [5.41, 5.74) is 1.42. The summed E-state index contributed by atoms with van der Waals surface area (Å²) < 4.78 is 5.40. The Morgan fingerprint density at radius 2 is 1.78 bits per heavy atom. The van der Waals surface area contributed by atoms with E-state index in [1.807, 2.05) is 45.0 Å². The van der Waals surface area contributed by atoms with Gasteiger partial charge in [-0.1, -0.05) is 18.2 Å². The van der Waals surface area contributed by atoms with Crippen molar-refractivity contribution in [3.63, 3.8) is 0 Å². The normalized spacial score (nSPS) is 16.3. The molecule has 1 aliphatic heterocycles. The van der Waals surface area contributed by atoms with Crippen LogP contribution in [-0.4, -0.2) is 53.5 Å². The number of ether oxygens (including phenoxy) is 1. The van der Waals surface area contributed by atoms with Gasteiger partial charge in [-0.3, -0.25) is 9.69 Å². The van der Waals surface area contributed by atoms with Gasteiger partial charge in [-0.05, 0) is 39.3 Å². The number of benzene rings is 1. The van der Waals surface area contributed by atoms with Crippen molar-refractivity contribution in [2.45, 2.75) is 39.8 Å². The summed E-state index contributed by atoms with van der Waals surface area (Å²) in [7, 11) is 0. The predicted octanol–water partition coefficient (Wildman–Crippen LogP) is 2.94. The highest BCUT2D eigenvalue weighted by Crippen LogP contribution is 2.14. The highest BCUT2D eigenvalue weighted by Gasteiger charge is 2.25. The van der Waals surface area contributed by atoms with Gasteiger partial charge in [0.05, 0.1) is 0 Å². The molecule has 1 aromatic carbocycles. The van der Waals surface area contributed by atoms with E-state index in [9.17, 15) is 9.59 Å². The number of ketones is 1. The molecule has 0 N–H and O–H groups in total. The Balaban J connectivity index is 1.86. The highest BCUT2D eigenvalue weighted by atomic mass is 16.6. The third kappa shape index (κ3) is 5.36. The standard InChI is InChI=1S/C18H26N2O3/c1-14(21)16-7-5-6-15(12-16)13-19-8-10-20(11-9-19)17(22)23-18(2,3)4/h5-7,12H,8-11,13H2,1-4H3. The van der Waals surface area contributed by atoms with Gasteiger partial charge < -0.3 is 9.64 Å². The van der Waals surface area contributed by atoms with E-state index in [4.69, 9.17) is 4.74 Å². The van der Waals surface area contributed by atoms with Crippen LogP contribution in [0, 0.1) is 0 Å². The molecule has 1 aromatic rings. The molecule has 0 saturated carbocycles. The summed E-state index contributed by atoms with van der Waals surface area (Å²) in [6.07, 6.45) is -0.240. The van der Waals surface area contributed by atoms with Crippen LogP contribution in [0.25, 0.3) is 0 Å². The fourth-order valence-electron chi connectivity index (χ4n) is 2.56. The van der Waals surface area contributed by atoms with Crippen LogP contribution in [0.5, 0.6) is 0 Å². The quantitative estimate of drug-likeness (QED) is 0.804. The summed E-state index contributed by atoms with van der Waals surface area (Å²) in [6.45, 7) is 11.0. The van der Waals surface area contributed by atoms with Gasteiger partial charge in [-0.2, -0.15) is 0 Å². The number of carbonyl (C=O) groups is 2.